The quantitative estimate of drug-likeness (QED) is 0.447. The van der Waals surface area contributed by atoms with Crippen molar-refractivity contribution in [2.45, 2.75) is 26.3 Å². The molecular formula is C21H20BrN3O3. The number of halogens is 1. The van der Waals surface area contributed by atoms with Crippen molar-refractivity contribution < 1.29 is 9.90 Å². The van der Waals surface area contributed by atoms with Gasteiger partial charge in [-0.1, -0.05) is 53.5 Å². The van der Waals surface area contributed by atoms with Crippen LogP contribution in [0.2, 0.25) is 0 Å². The van der Waals surface area contributed by atoms with E-state index in [1.54, 1.807) is 24.3 Å². The predicted octanol–water partition coefficient (Wildman–Crippen LogP) is 4.03. The fourth-order valence-electron chi connectivity index (χ4n) is 2.94. The van der Waals surface area contributed by atoms with Gasteiger partial charge < -0.3 is 9.67 Å². The molecule has 0 fully saturated rings. The molecule has 0 saturated carbocycles. The summed E-state index contributed by atoms with van der Waals surface area (Å²) < 4.78 is 2.42. The number of rotatable bonds is 6. The number of aryl methyl sites for hydroxylation is 1. The Labute approximate surface area is 170 Å². The van der Waals surface area contributed by atoms with Crippen LogP contribution in [0.15, 0.2) is 62.9 Å². The van der Waals surface area contributed by atoms with Gasteiger partial charge in [0.25, 0.3) is 11.5 Å². The van der Waals surface area contributed by atoms with Gasteiger partial charge in [0.15, 0.2) is 0 Å². The van der Waals surface area contributed by atoms with Crippen LogP contribution in [-0.2, 0) is 6.54 Å². The third kappa shape index (κ3) is 4.14. The van der Waals surface area contributed by atoms with Crippen molar-refractivity contribution in [2.24, 2.45) is 5.10 Å². The maximum absolute atomic E-state index is 12.9. The number of carbonyl (C=O) groups is 1. The summed E-state index contributed by atoms with van der Waals surface area (Å²) >= 11 is 3.36. The van der Waals surface area contributed by atoms with Crippen LogP contribution in [0.4, 0.5) is 0 Å². The smallest absolute Gasteiger partial charge is 0.280 e. The number of nitrogens with zero attached hydrogens (tertiary/aromatic N) is 2. The van der Waals surface area contributed by atoms with Crippen molar-refractivity contribution in [2.75, 3.05) is 0 Å². The Hall–Kier alpha value is -2.93. The average Bonchev–Trinajstić information content (AvgIpc) is 2.68. The van der Waals surface area contributed by atoms with Gasteiger partial charge >= 0.3 is 0 Å². The highest BCUT2D eigenvalue weighted by molar-refractivity contribution is 9.10. The second kappa shape index (κ2) is 8.84. The largest absolute Gasteiger partial charge is 0.506 e. The van der Waals surface area contributed by atoms with E-state index in [2.05, 4.69) is 26.5 Å². The van der Waals surface area contributed by atoms with Gasteiger partial charge in [-0.3, -0.25) is 9.59 Å². The minimum Gasteiger partial charge on any atom is -0.506 e. The van der Waals surface area contributed by atoms with Crippen LogP contribution in [-0.4, -0.2) is 21.8 Å². The molecule has 0 atom stereocenters. The molecule has 1 heterocycles. The summed E-state index contributed by atoms with van der Waals surface area (Å²) in [5.74, 6) is -1.08. The average molecular weight is 442 g/mol. The van der Waals surface area contributed by atoms with E-state index in [0.717, 1.165) is 22.9 Å². The number of unbranched alkanes of at least 4 members (excludes halogenated alkanes) is 1. The SMILES string of the molecule is CCCCn1c(=O)c(C(=O)N/N=C\c2cccc(Br)c2)c(O)c2ccccc21. The monoisotopic (exact) mass is 441 g/mol. The van der Waals surface area contributed by atoms with E-state index in [-0.39, 0.29) is 11.3 Å². The Morgan fingerprint density at radius 1 is 1.25 bits per heavy atom. The van der Waals surface area contributed by atoms with Crippen LogP contribution in [0.5, 0.6) is 5.75 Å². The Bertz CT molecular complexity index is 1110. The molecule has 144 valence electrons. The van der Waals surface area contributed by atoms with Gasteiger partial charge in [-0.05, 0) is 36.2 Å². The Morgan fingerprint density at radius 2 is 2.04 bits per heavy atom. The van der Waals surface area contributed by atoms with Crippen LogP contribution < -0.4 is 11.0 Å². The van der Waals surface area contributed by atoms with E-state index >= 15 is 0 Å². The number of nitrogens with one attached hydrogen (secondary N) is 1. The summed E-state index contributed by atoms with van der Waals surface area (Å²) in [5, 5.41) is 14.9. The molecule has 0 radical (unpaired) electrons. The molecule has 1 amide bonds. The van der Waals surface area contributed by atoms with Crippen molar-refractivity contribution in [3.63, 3.8) is 0 Å². The van der Waals surface area contributed by atoms with Crippen LogP contribution in [0.25, 0.3) is 10.9 Å². The molecule has 6 nitrogen and oxygen atoms in total. The van der Waals surface area contributed by atoms with Gasteiger partial charge in [0.1, 0.15) is 11.3 Å². The van der Waals surface area contributed by atoms with Crippen LogP contribution in [0, 0.1) is 0 Å². The molecule has 0 aliphatic carbocycles. The molecule has 28 heavy (non-hydrogen) atoms. The first-order chi connectivity index (χ1) is 13.5. The Balaban J connectivity index is 1.97. The summed E-state index contributed by atoms with van der Waals surface area (Å²) in [4.78, 5) is 25.5. The number of para-hydroxylation sites is 1. The number of benzene rings is 2. The number of carbonyl (C=O) groups excluding carboxylic acids is 1. The third-order valence-corrected chi connectivity index (χ3v) is 4.83. The zero-order valence-corrected chi connectivity index (χ0v) is 16.9. The normalized spacial score (nSPS) is 11.2. The van der Waals surface area contributed by atoms with E-state index in [0.29, 0.717) is 17.4 Å². The molecule has 0 unspecified atom stereocenters. The lowest BCUT2D eigenvalue weighted by molar-refractivity contribution is 0.0950. The number of amides is 1. The first-order valence-corrected chi connectivity index (χ1v) is 9.75. The van der Waals surface area contributed by atoms with Gasteiger partial charge in [0, 0.05) is 16.4 Å². The molecule has 3 aromatic rings. The van der Waals surface area contributed by atoms with Crippen LogP contribution in [0.1, 0.15) is 35.7 Å². The predicted molar refractivity (Wildman–Crippen MR) is 114 cm³/mol. The van der Waals surface area contributed by atoms with E-state index < -0.39 is 11.5 Å². The second-order valence-electron chi connectivity index (χ2n) is 6.31. The Morgan fingerprint density at radius 3 is 2.79 bits per heavy atom. The molecule has 2 aromatic carbocycles. The number of aromatic nitrogens is 1. The maximum atomic E-state index is 12.9. The molecule has 0 saturated heterocycles. The van der Waals surface area contributed by atoms with Gasteiger partial charge in [0.2, 0.25) is 0 Å². The van der Waals surface area contributed by atoms with Crippen molar-refractivity contribution in [1.82, 2.24) is 9.99 Å². The lowest BCUT2D eigenvalue weighted by Crippen LogP contribution is -2.31. The highest BCUT2D eigenvalue weighted by Gasteiger charge is 2.21. The zero-order chi connectivity index (χ0) is 20.1. The summed E-state index contributed by atoms with van der Waals surface area (Å²) in [6.07, 6.45) is 3.16. The minimum absolute atomic E-state index is 0.304. The lowest BCUT2D eigenvalue weighted by atomic mass is 10.1. The van der Waals surface area contributed by atoms with E-state index in [9.17, 15) is 14.7 Å². The van der Waals surface area contributed by atoms with Gasteiger partial charge in [0.05, 0.1) is 11.7 Å². The summed E-state index contributed by atoms with van der Waals surface area (Å²) in [6.45, 7) is 2.50. The highest BCUT2D eigenvalue weighted by Crippen LogP contribution is 2.26. The van der Waals surface area contributed by atoms with Crippen LogP contribution >= 0.6 is 15.9 Å². The zero-order valence-electron chi connectivity index (χ0n) is 15.4. The number of hydrogen-bond acceptors (Lipinski definition) is 4. The van der Waals surface area contributed by atoms with E-state index in [1.165, 1.54) is 10.8 Å². The first-order valence-electron chi connectivity index (χ1n) is 8.96. The number of aromatic hydroxyl groups is 1. The van der Waals surface area contributed by atoms with E-state index in [1.807, 2.05) is 31.2 Å². The molecule has 7 heteroatoms. The van der Waals surface area contributed by atoms with Gasteiger partial charge in [-0.25, -0.2) is 5.43 Å². The summed E-state index contributed by atoms with van der Waals surface area (Å²) in [5.41, 5.74) is 2.89. The topological polar surface area (TPSA) is 83.7 Å². The third-order valence-electron chi connectivity index (χ3n) is 4.34. The van der Waals surface area contributed by atoms with Crippen molar-refractivity contribution in [3.8, 4) is 5.75 Å². The molecule has 0 aliphatic heterocycles. The van der Waals surface area contributed by atoms with Gasteiger partial charge in [-0.15, -0.1) is 0 Å². The van der Waals surface area contributed by atoms with Crippen LogP contribution in [0.3, 0.4) is 0 Å². The fraction of sp³-hybridized carbons (Fsp3) is 0.190. The highest BCUT2D eigenvalue weighted by atomic mass is 79.9. The van der Waals surface area contributed by atoms with Crippen molar-refractivity contribution in [3.05, 3.63) is 74.5 Å². The fourth-order valence-corrected chi connectivity index (χ4v) is 3.36. The minimum atomic E-state index is -0.746. The molecule has 0 spiro atoms. The number of fused-ring (bicyclic) bond motifs is 1. The molecule has 3 rings (SSSR count). The molecule has 0 aliphatic rings. The lowest BCUT2D eigenvalue weighted by Gasteiger charge is -2.14. The standard InChI is InChI=1S/C21H20BrN3O3/c1-2-3-11-25-17-10-5-4-9-16(17)19(26)18(21(25)28)20(27)24-23-13-14-7-6-8-15(22)12-14/h4-10,12-13,26H,2-3,11H2,1H3,(H,24,27)/b23-13-. The number of hydrogen-bond donors (Lipinski definition) is 2. The number of hydrazone groups is 1. The van der Waals surface area contributed by atoms with Gasteiger partial charge in [-0.2, -0.15) is 5.10 Å². The van der Waals surface area contributed by atoms with Crippen molar-refractivity contribution >= 4 is 39.0 Å². The van der Waals surface area contributed by atoms with E-state index in [4.69, 9.17) is 0 Å². The molecule has 0 bridgehead atoms. The molecule has 1 aromatic heterocycles. The maximum Gasteiger partial charge on any atom is 0.280 e. The molecular weight excluding hydrogens is 422 g/mol. The van der Waals surface area contributed by atoms with Crippen molar-refractivity contribution in [1.29, 1.82) is 0 Å². The summed E-state index contributed by atoms with van der Waals surface area (Å²) in [7, 11) is 0. The Kier molecular flexibility index (Phi) is 6.26. The second-order valence-corrected chi connectivity index (χ2v) is 7.22. The summed E-state index contributed by atoms with van der Waals surface area (Å²) in [6, 6.07) is 14.4. The number of pyridine rings is 1. The first kappa shape index (κ1) is 19.8. The molecule has 2 N–H and O–H groups in total.